The summed E-state index contributed by atoms with van der Waals surface area (Å²) < 4.78 is 0. The number of aliphatic hydroxyl groups is 1. The molecule has 3 rings (SSSR count). The summed E-state index contributed by atoms with van der Waals surface area (Å²) in [7, 11) is 0. The highest BCUT2D eigenvalue weighted by molar-refractivity contribution is 5.15. The molecule has 2 heteroatoms. The standard InChI is InChI=1S/C15H21NO/c17-15(11-12-5-2-1-3-6-12)16-10-9-13-7-4-8-14(13)16/h1-3,5-6,13-15,17H,4,7-11H2/t13-,14-,15?/m1/s1. The number of aliphatic hydroxyl groups excluding tert-OH is 1. The van der Waals surface area contributed by atoms with Crippen molar-refractivity contribution in [2.75, 3.05) is 6.54 Å². The Morgan fingerprint density at radius 1 is 1.18 bits per heavy atom. The minimum absolute atomic E-state index is 0.287. The Kier molecular flexibility index (Phi) is 3.17. The molecule has 0 amide bonds. The van der Waals surface area contributed by atoms with E-state index in [0.717, 1.165) is 18.9 Å². The molecule has 1 unspecified atom stereocenters. The van der Waals surface area contributed by atoms with E-state index >= 15 is 0 Å². The highest BCUT2D eigenvalue weighted by atomic mass is 16.3. The molecule has 0 bridgehead atoms. The Bertz CT molecular complexity index is 364. The minimum Gasteiger partial charge on any atom is -0.378 e. The molecule has 2 fully saturated rings. The number of nitrogens with zero attached hydrogens (tertiary/aromatic N) is 1. The van der Waals surface area contributed by atoms with Gasteiger partial charge in [-0.05, 0) is 30.7 Å². The summed E-state index contributed by atoms with van der Waals surface area (Å²) in [4.78, 5) is 2.34. The lowest BCUT2D eigenvalue weighted by Crippen LogP contribution is -2.40. The maximum Gasteiger partial charge on any atom is 0.111 e. The van der Waals surface area contributed by atoms with Crippen LogP contribution in [-0.4, -0.2) is 28.8 Å². The Morgan fingerprint density at radius 2 is 2.00 bits per heavy atom. The summed E-state index contributed by atoms with van der Waals surface area (Å²) in [6.07, 6.45) is 5.78. The summed E-state index contributed by atoms with van der Waals surface area (Å²) in [5.74, 6) is 0.862. The molecule has 1 aromatic rings. The lowest BCUT2D eigenvalue weighted by Gasteiger charge is -2.29. The highest BCUT2D eigenvalue weighted by Gasteiger charge is 2.39. The first-order valence-corrected chi connectivity index (χ1v) is 6.82. The third kappa shape index (κ3) is 2.24. The van der Waals surface area contributed by atoms with E-state index in [9.17, 15) is 5.11 Å². The molecule has 1 N–H and O–H groups in total. The van der Waals surface area contributed by atoms with Gasteiger partial charge in [0.1, 0.15) is 6.23 Å². The molecular weight excluding hydrogens is 210 g/mol. The van der Waals surface area contributed by atoms with Crippen molar-refractivity contribution in [2.45, 2.75) is 44.4 Å². The Morgan fingerprint density at radius 3 is 2.82 bits per heavy atom. The van der Waals surface area contributed by atoms with Gasteiger partial charge in [0.15, 0.2) is 0 Å². The van der Waals surface area contributed by atoms with Crippen molar-refractivity contribution in [3.63, 3.8) is 0 Å². The van der Waals surface area contributed by atoms with E-state index in [-0.39, 0.29) is 6.23 Å². The van der Waals surface area contributed by atoms with E-state index < -0.39 is 0 Å². The molecule has 2 aliphatic rings. The van der Waals surface area contributed by atoms with Crippen LogP contribution in [0.25, 0.3) is 0 Å². The summed E-state index contributed by atoms with van der Waals surface area (Å²) in [6, 6.07) is 11.0. The topological polar surface area (TPSA) is 23.5 Å². The van der Waals surface area contributed by atoms with Crippen LogP contribution in [-0.2, 0) is 6.42 Å². The van der Waals surface area contributed by atoms with Gasteiger partial charge < -0.3 is 5.11 Å². The quantitative estimate of drug-likeness (QED) is 0.863. The van der Waals surface area contributed by atoms with E-state index in [1.807, 2.05) is 18.2 Å². The van der Waals surface area contributed by atoms with Gasteiger partial charge in [0, 0.05) is 19.0 Å². The normalized spacial score (nSPS) is 30.4. The molecule has 2 nitrogen and oxygen atoms in total. The second-order valence-electron chi connectivity index (χ2n) is 5.46. The molecule has 0 aromatic heterocycles. The highest BCUT2D eigenvalue weighted by Crippen LogP contribution is 2.38. The van der Waals surface area contributed by atoms with Gasteiger partial charge in [-0.1, -0.05) is 36.8 Å². The van der Waals surface area contributed by atoms with Gasteiger partial charge in [0.25, 0.3) is 0 Å². The third-order valence-corrected chi connectivity index (χ3v) is 4.45. The number of benzene rings is 1. The van der Waals surface area contributed by atoms with Crippen molar-refractivity contribution in [3.05, 3.63) is 35.9 Å². The average molecular weight is 231 g/mol. The zero-order valence-corrected chi connectivity index (χ0v) is 10.3. The Hall–Kier alpha value is -0.860. The van der Waals surface area contributed by atoms with Crippen molar-refractivity contribution in [3.8, 4) is 0 Å². The van der Waals surface area contributed by atoms with Gasteiger partial charge in [0.05, 0.1) is 0 Å². The smallest absolute Gasteiger partial charge is 0.111 e. The Balaban J connectivity index is 1.64. The van der Waals surface area contributed by atoms with Gasteiger partial charge in [0.2, 0.25) is 0 Å². The van der Waals surface area contributed by atoms with Crippen LogP contribution in [0.15, 0.2) is 30.3 Å². The summed E-state index contributed by atoms with van der Waals surface area (Å²) in [5, 5.41) is 10.4. The number of rotatable bonds is 3. The molecule has 3 atom stereocenters. The van der Waals surface area contributed by atoms with Gasteiger partial charge in [-0.25, -0.2) is 0 Å². The van der Waals surface area contributed by atoms with Crippen LogP contribution in [0.3, 0.4) is 0 Å². The van der Waals surface area contributed by atoms with Crippen LogP contribution >= 0.6 is 0 Å². The van der Waals surface area contributed by atoms with Crippen molar-refractivity contribution < 1.29 is 5.11 Å². The zero-order valence-electron chi connectivity index (χ0n) is 10.3. The lowest BCUT2D eigenvalue weighted by molar-refractivity contribution is -0.00670. The van der Waals surface area contributed by atoms with Crippen LogP contribution < -0.4 is 0 Å². The van der Waals surface area contributed by atoms with Crippen molar-refractivity contribution in [2.24, 2.45) is 5.92 Å². The maximum atomic E-state index is 10.4. The molecule has 1 saturated heterocycles. The molecule has 0 spiro atoms. The van der Waals surface area contributed by atoms with E-state index in [0.29, 0.717) is 6.04 Å². The fourth-order valence-electron chi connectivity index (χ4n) is 3.58. The average Bonchev–Trinajstić information content (AvgIpc) is 2.91. The Labute approximate surface area is 103 Å². The van der Waals surface area contributed by atoms with E-state index in [1.165, 1.54) is 31.2 Å². The summed E-state index contributed by atoms with van der Waals surface area (Å²) in [6.45, 7) is 1.09. The maximum absolute atomic E-state index is 10.4. The SMILES string of the molecule is OC(Cc1ccccc1)N1CC[C@H]2CCC[C@H]21. The van der Waals surface area contributed by atoms with Crippen molar-refractivity contribution in [1.82, 2.24) is 4.90 Å². The molecule has 1 aromatic carbocycles. The predicted octanol–water partition coefficient (Wildman–Crippen LogP) is 2.42. The molecule has 0 radical (unpaired) electrons. The largest absolute Gasteiger partial charge is 0.378 e. The van der Waals surface area contributed by atoms with Crippen LogP contribution in [0.1, 0.15) is 31.2 Å². The fraction of sp³-hybridized carbons (Fsp3) is 0.600. The van der Waals surface area contributed by atoms with Gasteiger partial charge in [-0.2, -0.15) is 0 Å². The van der Waals surface area contributed by atoms with Gasteiger partial charge in [-0.15, -0.1) is 0 Å². The lowest BCUT2D eigenvalue weighted by atomic mass is 10.0. The monoisotopic (exact) mass is 231 g/mol. The minimum atomic E-state index is -0.287. The van der Waals surface area contributed by atoms with Crippen LogP contribution in [0.5, 0.6) is 0 Å². The van der Waals surface area contributed by atoms with Crippen LogP contribution in [0.4, 0.5) is 0 Å². The first-order chi connectivity index (χ1) is 8.34. The first-order valence-electron chi connectivity index (χ1n) is 6.82. The zero-order chi connectivity index (χ0) is 11.7. The summed E-state index contributed by atoms with van der Waals surface area (Å²) >= 11 is 0. The third-order valence-electron chi connectivity index (χ3n) is 4.45. The number of likely N-dealkylation sites (tertiary alicyclic amines) is 1. The fourth-order valence-corrected chi connectivity index (χ4v) is 3.58. The van der Waals surface area contributed by atoms with E-state index in [1.54, 1.807) is 0 Å². The van der Waals surface area contributed by atoms with E-state index in [2.05, 4.69) is 17.0 Å². The molecule has 1 aliphatic carbocycles. The predicted molar refractivity (Wildman–Crippen MR) is 68.6 cm³/mol. The molecule has 1 saturated carbocycles. The second kappa shape index (κ2) is 4.79. The molecule has 92 valence electrons. The first kappa shape index (κ1) is 11.2. The molecular formula is C15H21NO. The molecule has 17 heavy (non-hydrogen) atoms. The van der Waals surface area contributed by atoms with Gasteiger partial charge >= 0.3 is 0 Å². The summed E-state index contributed by atoms with van der Waals surface area (Å²) in [5.41, 5.74) is 1.24. The van der Waals surface area contributed by atoms with Gasteiger partial charge in [-0.3, -0.25) is 4.90 Å². The second-order valence-corrected chi connectivity index (χ2v) is 5.46. The van der Waals surface area contributed by atoms with E-state index in [4.69, 9.17) is 0 Å². The number of fused-ring (bicyclic) bond motifs is 1. The number of hydrogen-bond donors (Lipinski definition) is 1. The van der Waals surface area contributed by atoms with Crippen LogP contribution in [0.2, 0.25) is 0 Å². The molecule has 1 aliphatic heterocycles. The van der Waals surface area contributed by atoms with Crippen molar-refractivity contribution >= 4 is 0 Å². The molecule has 1 heterocycles. The van der Waals surface area contributed by atoms with Crippen LogP contribution in [0, 0.1) is 5.92 Å². The number of hydrogen-bond acceptors (Lipinski definition) is 2. The van der Waals surface area contributed by atoms with Crippen molar-refractivity contribution in [1.29, 1.82) is 0 Å².